The molecule has 1 aliphatic carbocycles. The summed E-state index contributed by atoms with van der Waals surface area (Å²) in [6.45, 7) is 2.06. The van der Waals surface area contributed by atoms with E-state index in [-0.39, 0.29) is 36.1 Å². The van der Waals surface area contributed by atoms with Crippen LogP contribution in [0.3, 0.4) is 0 Å². The smallest absolute Gasteiger partial charge is 0.249 e. The molecule has 2 aliphatic rings. The van der Waals surface area contributed by atoms with Gasteiger partial charge in [-0.1, -0.05) is 66.0 Å². The van der Waals surface area contributed by atoms with E-state index in [0.29, 0.717) is 24.5 Å². The van der Waals surface area contributed by atoms with Gasteiger partial charge in [0.05, 0.1) is 28.6 Å². The Labute approximate surface area is 190 Å². The first-order valence-corrected chi connectivity index (χ1v) is 11.6. The third-order valence-corrected chi connectivity index (χ3v) is 7.26. The Hall–Kier alpha value is -3.32. The van der Waals surface area contributed by atoms with Crippen LogP contribution in [0, 0.1) is 18.8 Å². The van der Waals surface area contributed by atoms with Crippen LogP contribution < -0.4 is 4.90 Å². The molecule has 162 valence electrons. The number of hydrogen-bond acceptors (Lipinski definition) is 5. The van der Waals surface area contributed by atoms with Gasteiger partial charge in [-0.25, -0.2) is 4.98 Å². The van der Waals surface area contributed by atoms with E-state index in [1.54, 1.807) is 4.90 Å². The van der Waals surface area contributed by atoms with Gasteiger partial charge in [0.15, 0.2) is 5.13 Å². The van der Waals surface area contributed by atoms with E-state index >= 15 is 0 Å². The number of thiazole rings is 1. The Morgan fingerprint density at radius 3 is 2.38 bits per heavy atom. The van der Waals surface area contributed by atoms with Crippen molar-refractivity contribution in [1.82, 2.24) is 9.88 Å². The molecular weight excluding hydrogens is 422 g/mol. The molecule has 1 saturated heterocycles. The fraction of sp³-hybridized carbons (Fsp3) is 0.280. The lowest BCUT2D eigenvalue weighted by atomic mass is 9.85. The number of para-hydroxylation sites is 1. The standard InChI is InChI=1S/C25H23N3O3S/c1-16-8-7-13-20-22(16)26-25(32-20)27(14-17-9-3-2-4-10-17)21(29)15-28-23(30)18-11-5-6-12-19(18)24(28)31/h2-10,13,18-19H,11-12,14-15H2,1H3/t18-,19+. The molecule has 0 N–H and O–H groups in total. The predicted octanol–water partition coefficient (Wildman–Crippen LogP) is 4.09. The maximum Gasteiger partial charge on any atom is 0.249 e. The minimum atomic E-state index is -0.340. The normalized spacial score (nSPS) is 20.1. The average molecular weight is 446 g/mol. The van der Waals surface area contributed by atoms with Crippen molar-refractivity contribution in [3.8, 4) is 0 Å². The third-order valence-electron chi connectivity index (χ3n) is 6.22. The molecule has 2 heterocycles. The molecule has 0 radical (unpaired) electrons. The van der Waals surface area contributed by atoms with Gasteiger partial charge in [-0.15, -0.1) is 0 Å². The molecule has 2 atom stereocenters. The van der Waals surface area contributed by atoms with Gasteiger partial charge in [-0.3, -0.25) is 24.2 Å². The summed E-state index contributed by atoms with van der Waals surface area (Å²) in [4.78, 5) is 46.7. The maximum atomic E-state index is 13.5. The molecule has 3 aromatic rings. The quantitative estimate of drug-likeness (QED) is 0.438. The van der Waals surface area contributed by atoms with Crippen LogP contribution in [0.15, 0.2) is 60.7 Å². The molecular formula is C25H23N3O3S. The minimum Gasteiger partial charge on any atom is -0.282 e. The van der Waals surface area contributed by atoms with Crippen LogP contribution >= 0.6 is 11.3 Å². The number of carbonyl (C=O) groups excluding carboxylic acids is 3. The van der Waals surface area contributed by atoms with Gasteiger partial charge < -0.3 is 0 Å². The Kier molecular flexibility index (Phi) is 5.35. The van der Waals surface area contributed by atoms with Gasteiger partial charge >= 0.3 is 0 Å². The number of carbonyl (C=O) groups is 3. The molecule has 1 aliphatic heterocycles. The molecule has 7 heteroatoms. The fourth-order valence-electron chi connectivity index (χ4n) is 4.46. The van der Waals surface area contributed by atoms with Crippen LogP contribution in [0.5, 0.6) is 0 Å². The Morgan fingerprint density at radius 1 is 1.03 bits per heavy atom. The van der Waals surface area contributed by atoms with Crippen LogP contribution in [-0.4, -0.2) is 34.2 Å². The van der Waals surface area contributed by atoms with Gasteiger partial charge in [-0.2, -0.15) is 0 Å². The zero-order valence-corrected chi connectivity index (χ0v) is 18.5. The van der Waals surface area contributed by atoms with Crippen LogP contribution in [0.4, 0.5) is 5.13 Å². The highest BCUT2D eigenvalue weighted by Gasteiger charge is 2.48. The maximum absolute atomic E-state index is 13.5. The Bertz CT molecular complexity index is 1210. The number of likely N-dealkylation sites (tertiary alicyclic amines) is 1. The van der Waals surface area contributed by atoms with Crippen LogP contribution in [0.1, 0.15) is 24.0 Å². The van der Waals surface area contributed by atoms with E-state index in [1.165, 1.54) is 11.3 Å². The van der Waals surface area contributed by atoms with Crippen molar-refractivity contribution in [2.45, 2.75) is 26.3 Å². The molecule has 32 heavy (non-hydrogen) atoms. The van der Waals surface area contributed by atoms with Crippen molar-refractivity contribution in [3.63, 3.8) is 0 Å². The monoisotopic (exact) mass is 445 g/mol. The summed E-state index contributed by atoms with van der Waals surface area (Å²) in [6, 6.07) is 15.6. The second kappa shape index (κ2) is 8.31. The van der Waals surface area contributed by atoms with Gasteiger partial charge in [0.1, 0.15) is 6.54 Å². The van der Waals surface area contributed by atoms with Crippen molar-refractivity contribution in [2.75, 3.05) is 11.4 Å². The van der Waals surface area contributed by atoms with Gasteiger partial charge in [0.25, 0.3) is 0 Å². The van der Waals surface area contributed by atoms with Gasteiger partial charge in [-0.05, 0) is 37.0 Å². The van der Waals surface area contributed by atoms with E-state index in [4.69, 9.17) is 4.98 Å². The summed E-state index contributed by atoms with van der Waals surface area (Å²) in [5.74, 6) is -1.46. The molecule has 1 fully saturated rings. The number of imide groups is 1. The number of amides is 3. The highest BCUT2D eigenvalue weighted by Crippen LogP contribution is 2.36. The van der Waals surface area contributed by atoms with E-state index in [2.05, 4.69) is 0 Å². The first kappa shape index (κ1) is 20.6. The predicted molar refractivity (Wildman–Crippen MR) is 124 cm³/mol. The van der Waals surface area contributed by atoms with E-state index in [9.17, 15) is 14.4 Å². The summed E-state index contributed by atoms with van der Waals surface area (Å²) in [5.41, 5.74) is 2.86. The SMILES string of the molecule is Cc1cccc2sc(N(Cc3ccccc3)C(=O)CN3C(=O)[C@H]4CC=CC[C@H]4C3=O)nc12. The average Bonchev–Trinajstić information content (AvgIpc) is 3.35. The fourth-order valence-corrected chi connectivity index (χ4v) is 5.52. The number of benzene rings is 2. The molecule has 0 unspecified atom stereocenters. The Morgan fingerprint density at radius 2 is 1.72 bits per heavy atom. The first-order chi connectivity index (χ1) is 15.5. The van der Waals surface area contributed by atoms with Crippen LogP contribution in [0.25, 0.3) is 10.2 Å². The molecule has 0 saturated carbocycles. The molecule has 2 aromatic carbocycles. The first-order valence-electron chi connectivity index (χ1n) is 10.7. The molecule has 0 bridgehead atoms. The lowest BCUT2D eigenvalue weighted by Crippen LogP contribution is -2.43. The largest absolute Gasteiger partial charge is 0.282 e. The summed E-state index contributed by atoms with van der Waals surface area (Å²) < 4.78 is 0.997. The summed E-state index contributed by atoms with van der Waals surface area (Å²) in [7, 11) is 0. The lowest BCUT2D eigenvalue weighted by molar-refractivity contribution is -0.143. The third kappa shape index (κ3) is 3.62. The molecule has 1 aromatic heterocycles. The number of nitrogens with zero attached hydrogens (tertiary/aromatic N) is 3. The highest BCUT2D eigenvalue weighted by molar-refractivity contribution is 7.22. The second-order valence-corrected chi connectivity index (χ2v) is 9.31. The zero-order chi connectivity index (χ0) is 22.2. The van der Waals surface area contributed by atoms with Gasteiger partial charge in [0.2, 0.25) is 17.7 Å². The summed E-state index contributed by atoms with van der Waals surface area (Å²) >= 11 is 1.44. The number of anilines is 1. The van der Waals surface area contributed by atoms with E-state index in [1.807, 2.05) is 67.6 Å². The minimum absolute atomic E-state index is 0.238. The zero-order valence-electron chi connectivity index (χ0n) is 17.7. The number of hydrogen-bond donors (Lipinski definition) is 0. The number of allylic oxidation sites excluding steroid dienone is 2. The van der Waals surface area contributed by atoms with E-state index < -0.39 is 0 Å². The van der Waals surface area contributed by atoms with Crippen molar-refractivity contribution in [3.05, 3.63) is 71.8 Å². The van der Waals surface area contributed by atoms with Crippen LogP contribution in [-0.2, 0) is 20.9 Å². The highest BCUT2D eigenvalue weighted by atomic mass is 32.1. The topological polar surface area (TPSA) is 70.6 Å². The van der Waals surface area contributed by atoms with Crippen molar-refractivity contribution >= 4 is 44.4 Å². The lowest BCUT2D eigenvalue weighted by Gasteiger charge is -2.23. The molecule has 3 amide bonds. The number of fused-ring (bicyclic) bond motifs is 2. The van der Waals surface area contributed by atoms with Gasteiger partial charge in [0, 0.05) is 0 Å². The van der Waals surface area contributed by atoms with Crippen molar-refractivity contribution in [1.29, 1.82) is 0 Å². The second-order valence-electron chi connectivity index (χ2n) is 8.30. The van der Waals surface area contributed by atoms with Crippen molar-refractivity contribution in [2.24, 2.45) is 11.8 Å². The summed E-state index contributed by atoms with van der Waals surface area (Å²) in [6.07, 6.45) is 5.02. The Balaban J connectivity index is 1.46. The van der Waals surface area contributed by atoms with E-state index in [0.717, 1.165) is 26.2 Å². The number of rotatable bonds is 5. The number of aryl methyl sites for hydroxylation is 1. The van der Waals surface area contributed by atoms with Crippen molar-refractivity contribution < 1.29 is 14.4 Å². The number of aromatic nitrogens is 1. The molecule has 6 nitrogen and oxygen atoms in total. The summed E-state index contributed by atoms with van der Waals surface area (Å²) in [5, 5.41) is 0.571. The van der Waals surface area contributed by atoms with Crippen LogP contribution in [0.2, 0.25) is 0 Å². The molecule has 0 spiro atoms. The molecule has 5 rings (SSSR count).